The molecule has 0 bridgehead atoms. The van der Waals surface area contributed by atoms with Gasteiger partial charge in [-0.2, -0.15) is 18.4 Å². The number of alkyl halides is 3. The molecule has 0 atom stereocenters. The highest BCUT2D eigenvalue weighted by molar-refractivity contribution is 6.09. The summed E-state index contributed by atoms with van der Waals surface area (Å²) in [5.41, 5.74) is 3.25. The lowest BCUT2D eigenvalue weighted by Gasteiger charge is -2.15. The number of benzene rings is 2. The lowest BCUT2D eigenvalue weighted by Crippen LogP contribution is -2.14. The van der Waals surface area contributed by atoms with Gasteiger partial charge in [-0.15, -0.1) is 0 Å². The van der Waals surface area contributed by atoms with Crippen LogP contribution in [0, 0.1) is 25.2 Å². The zero-order valence-electron chi connectivity index (χ0n) is 18.7. The summed E-state index contributed by atoms with van der Waals surface area (Å²) >= 11 is 0. The molecule has 0 fully saturated rings. The predicted molar refractivity (Wildman–Crippen MR) is 123 cm³/mol. The Labute approximate surface area is 190 Å². The van der Waals surface area contributed by atoms with Crippen LogP contribution in [-0.2, 0) is 11.0 Å². The first kappa shape index (κ1) is 23.7. The fraction of sp³-hybridized carbons (Fsp3) is 0.200. The highest BCUT2D eigenvalue weighted by Crippen LogP contribution is 2.31. The van der Waals surface area contributed by atoms with Crippen LogP contribution in [0.25, 0.3) is 11.8 Å². The summed E-state index contributed by atoms with van der Waals surface area (Å²) in [6.45, 7) is 3.79. The summed E-state index contributed by atoms with van der Waals surface area (Å²) in [7, 11) is 3.91. The van der Waals surface area contributed by atoms with Crippen molar-refractivity contribution in [2.45, 2.75) is 20.0 Å². The van der Waals surface area contributed by atoms with E-state index in [9.17, 15) is 23.2 Å². The number of nitrogens with zero attached hydrogens (tertiary/aromatic N) is 3. The van der Waals surface area contributed by atoms with E-state index in [1.165, 1.54) is 18.2 Å². The third-order valence-electron chi connectivity index (χ3n) is 5.21. The van der Waals surface area contributed by atoms with E-state index in [-0.39, 0.29) is 11.3 Å². The molecule has 2 aromatic carbocycles. The van der Waals surface area contributed by atoms with Crippen molar-refractivity contribution in [3.8, 4) is 11.8 Å². The Morgan fingerprint density at radius 1 is 1.09 bits per heavy atom. The minimum absolute atomic E-state index is 0.0394. The van der Waals surface area contributed by atoms with Crippen LogP contribution < -0.4 is 10.2 Å². The van der Waals surface area contributed by atoms with Gasteiger partial charge in [0, 0.05) is 42.5 Å². The monoisotopic (exact) mass is 452 g/mol. The minimum Gasteiger partial charge on any atom is -0.378 e. The number of anilines is 2. The molecule has 1 amide bonds. The minimum atomic E-state index is -4.53. The van der Waals surface area contributed by atoms with E-state index in [0.29, 0.717) is 5.56 Å². The first-order valence-electron chi connectivity index (χ1n) is 10.1. The number of nitrogens with one attached hydrogen (secondary N) is 1. The van der Waals surface area contributed by atoms with Gasteiger partial charge in [0.15, 0.2) is 0 Å². The maximum Gasteiger partial charge on any atom is 0.416 e. The maximum atomic E-state index is 12.9. The second kappa shape index (κ2) is 9.25. The molecule has 33 heavy (non-hydrogen) atoms. The maximum absolute atomic E-state index is 12.9. The van der Waals surface area contributed by atoms with Crippen LogP contribution in [0.4, 0.5) is 24.5 Å². The van der Waals surface area contributed by atoms with Crippen molar-refractivity contribution >= 4 is 23.4 Å². The molecule has 0 aliphatic heterocycles. The molecule has 8 heteroatoms. The highest BCUT2D eigenvalue weighted by Gasteiger charge is 2.30. The largest absolute Gasteiger partial charge is 0.416 e. The Balaban J connectivity index is 1.89. The summed E-state index contributed by atoms with van der Waals surface area (Å²) in [4.78, 5) is 14.6. The third-order valence-corrected chi connectivity index (χ3v) is 5.21. The lowest BCUT2D eigenvalue weighted by atomic mass is 10.1. The van der Waals surface area contributed by atoms with Crippen LogP contribution in [-0.4, -0.2) is 24.6 Å². The van der Waals surface area contributed by atoms with Gasteiger partial charge in [-0.3, -0.25) is 4.79 Å². The number of hydrogen-bond donors (Lipinski definition) is 1. The smallest absolute Gasteiger partial charge is 0.378 e. The van der Waals surface area contributed by atoms with Gasteiger partial charge in [0.1, 0.15) is 11.6 Å². The van der Waals surface area contributed by atoms with Gasteiger partial charge in [-0.25, -0.2) is 0 Å². The zero-order valence-corrected chi connectivity index (χ0v) is 18.7. The molecule has 0 spiro atoms. The van der Waals surface area contributed by atoms with Crippen molar-refractivity contribution in [1.29, 1.82) is 5.26 Å². The molecular weight excluding hydrogens is 429 g/mol. The summed E-state index contributed by atoms with van der Waals surface area (Å²) in [6.07, 6.45) is -3.09. The van der Waals surface area contributed by atoms with E-state index < -0.39 is 17.6 Å². The van der Waals surface area contributed by atoms with E-state index in [1.807, 2.05) is 73.8 Å². The Morgan fingerprint density at radius 3 is 2.33 bits per heavy atom. The van der Waals surface area contributed by atoms with Crippen molar-refractivity contribution in [2.75, 3.05) is 24.3 Å². The summed E-state index contributed by atoms with van der Waals surface area (Å²) in [6, 6.07) is 15.9. The SMILES string of the molecule is Cc1cc(/C=C(/C#N)C(=O)Nc2cccc(C(F)(F)F)c2)c(C)n1-c1ccc(N(C)C)cc1. The van der Waals surface area contributed by atoms with Gasteiger partial charge >= 0.3 is 6.18 Å². The molecule has 0 aliphatic rings. The fourth-order valence-electron chi connectivity index (χ4n) is 3.51. The van der Waals surface area contributed by atoms with E-state index in [4.69, 9.17) is 0 Å². The van der Waals surface area contributed by atoms with Gasteiger partial charge in [0.25, 0.3) is 5.91 Å². The van der Waals surface area contributed by atoms with Crippen molar-refractivity contribution in [1.82, 2.24) is 4.57 Å². The summed E-state index contributed by atoms with van der Waals surface area (Å²) in [5.74, 6) is -0.781. The van der Waals surface area contributed by atoms with Gasteiger partial charge < -0.3 is 14.8 Å². The Morgan fingerprint density at radius 2 is 1.76 bits per heavy atom. The standard InChI is InChI=1S/C25H23F3N4O/c1-16-12-18(17(2)32(16)23-10-8-22(9-11-23)31(3)4)13-19(15-29)24(33)30-21-7-5-6-20(14-21)25(26,27)28/h5-14H,1-4H3,(H,30,33)/b19-13-. The van der Waals surface area contributed by atoms with Gasteiger partial charge in [0.2, 0.25) is 0 Å². The average Bonchev–Trinajstić information content (AvgIpc) is 3.04. The molecule has 5 nitrogen and oxygen atoms in total. The zero-order chi connectivity index (χ0) is 24.3. The van der Waals surface area contributed by atoms with E-state index in [1.54, 1.807) is 0 Å². The third kappa shape index (κ3) is 5.26. The molecule has 3 aromatic rings. The Hall–Kier alpha value is -3.99. The topological polar surface area (TPSA) is 61.1 Å². The van der Waals surface area contributed by atoms with Crippen molar-refractivity contribution in [2.24, 2.45) is 0 Å². The first-order valence-corrected chi connectivity index (χ1v) is 10.1. The number of carbonyl (C=O) groups excluding carboxylic acids is 1. The normalized spacial score (nSPS) is 11.8. The second-order valence-electron chi connectivity index (χ2n) is 7.78. The molecule has 0 aliphatic carbocycles. The lowest BCUT2D eigenvalue weighted by molar-refractivity contribution is -0.137. The molecule has 0 unspecified atom stereocenters. The molecule has 1 N–H and O–H groups in total. The number of aromatic nitrogens is 1. The van der Waals surface area contributed by atoms with E-state index >= 15 is 0 Å². The molecular formula is C25H23F3N4O. The van der Waals surface area contributed by atoms with Crippen LogP contribution in [0.2, 0.25) is 0 Å². The number of aryl methyl sites for hydroxylation is 1. The number of carbonyl (C=O) groups is 1. The molecule has 0 saturated carbocycles. The van der Waals surface area contributed by atoms with Crippen molar-refractivity contribution < 1.29 is 18.0 Å². The van der Waals surface area contributed by atoms with Gasteiger partial charge in [-0.05, 0) is 74.0 Å². The van der Waals surface area contributed by atoms with Crippen molar-refractivity contribution in [3.05, 3.63) is 82.7 Å². The number of rotatable bonds is 5. The number of hydrogen-bond acceptors (Lipinski definition) is 3. The van der Waals surface area contributed by atoms with E-state index in [0.717, 1.165) is 34.9 Å². The van der Waals surface area contributed by atoms with Gasteiger partial charge in [-0.1, -0.05) is 6.07 Å². The summed E-state index contributed by atoms with van der Waals surface area (Å²) < 4.78 is 40.8. The highest BCUT2D eigenvalue weighted by atomic mass is 19.4. The quantitative estimate of drug-likeness (QED) is 0.398. The number of halogens is 3. The van der Waals surface area contributed by atoms with Crippen LogP contribution in [0.15, 0.2) is 60.2 Å². The fourth-order valence-corrected chi connectivity index (χ4v) is 3.51. The van der Waals surface area contributed by atoms with Gasteiger partial charge in [0.05, 0.1) is 5.56 Å². The first-order chi connectivity index (χ1) is 15.5. The predicted octanol–water partition coefficient (Wildman–Crippen LogP) is 5.72. The average molecular weight is 452 g/mol. The Bertz CT molecular complexity index is 1250. The molecule has 1 aromatic heterocycles. The van der Waals surface area contributed by atoms with Crippen LogP contribution in [0.3, 0.4) is 0 Å². The van der Waals surface area contributed by atoms with Crippen LogP contribution in [0.5, 0.6) is 0 Å². The van der Waals surface area contributed by atoms with E-state index in [2.05, 4.69) is 5.32 Å². The second-order valence-corrected chi connectivity index (χ2v) is 7.78. The molecule has 170 valence electrons. The molecule has 1 heterocycles. The molecule has 3 rings (SSSR count). The van der Waals surface area contributed by atoms with Crippen LogP contribution >= 0.6 is 0 Å². The number of nitriles is 1. The molecule has 0 saturated heterocycles. The summed E-state index contributed by atoms with van der Waals surface area (Å²) in [5, 5.41) is 11.9. The Kier molecular flexibility index (Phi) is 6.63. The van der Waals surface area contributed by atoms with Crippen LogP contribution in [0.1, 0.15) is 22.5 Å². The van der Waals surface area contributed by atoms with Crippen molar-refractivity contribution in [3.63, 3.8) is 0 Å². The number of amides is 1. The molecule has 0 radical (unpaired) electrons.